The second-order valence-corrected chi connectivity index (χ2v) is 6.76. The Labute approximate surface area is 114 Å². The average molecular weight is 291 g/mol. The Balaban J connectivity index is 3.11. The fourth-order valence-corrected chi connectivity index (χ4v) is 3.46. The Morgan fingerprint density at radius 1 is 1.17 bits per heavy atom. The number of benzene rings is 1. The average Bonchev–Trinajstić information content (AvgIpc) is 2.32. The summed E-state index contributed by atoms with van der Waals surface area (Å²) in [6.45, 7) is 3.83. The van der Waals surface area contributed by atoms with Crippen molar-refractivity contribution in [2.24, 2.45) is 0 Å². The van der Waals surface area contributed by atoms with E-state index in [0.29, 0.717) is 24.5 Å². The highest BCUT2D eigenvalue weighted by molar-refractivity contribution is 7.91. The molecule has 0 aromatic heterocycles. The minimum Gasteiger partial charge on any atom is -0.495 e. The van der Waals surface area contributed by atoms with Crippen molar-refractivity contribution in [1.82, 2.24) is 0 Å². The highest BCUT2D eigenvalue weighted by Crippen LogP contribution is 2.28. The Kier molecular flexibility index (Phi) is 5.47. The van der Waals surface area contributed by atoms with E-state index in [1.54, 1.807) is 12.1 Å². The zero-order chi connectivity index (χ0) is 13.8. The molecule has 0 aliphatic heterocycles. The molecule has 1 rings (SSSR count). The van der Waals surface area contributed by atoms with Gasteiger partial charge >= 0.3 is 0 Å². The van der Waals surface area contributed by atoms with Gasteiger partial charge in [0.1, 0.15) is 10.6 Å². The molecule has 0 saturated carbocycles. The molecule has 0 amide bonds. The maximum Gasteiger partial charge on any atom is 0.182 e. The lowest BCUT2D eigenvalue weighted by molar-refractivity contribution is 0.402. The van der Waals surface area contributed by atoms with Crippen molar-refractivity contribution in [2.75, 3.05) is 18.7 Å². The monoisotopic (exact) mass is 290 g/mol. The number of sulfone groups is 1. The van der Waals surface area contributed by atoms with E-state index in [1.165, 1.54) is 7.11 Å². The summed E-state index contributed by atoms with van der Waals surface area (Å²) in [5.41, 5.74) is 1.97. The topological polar surface area (TPSA) is 43.4 Å². The second-order valence-electron chi connectivity index (χ2n) is 4.30. The largest absolute Gasteiger partial charge is 0.495 e. The Hall–Kier alpha value is -0.740. The van der Waals surface area contributed by atoms with Gasteiger partial charge < -0.3 is 4.74 Å². The normalized spacial score (nSPS) is 11.6. The first-order chi connectivity index (χ1) is 8.42. The standard InChI is InChI=1S/C13H19ClO3S/c1-10-8-12(17-3)13(9-11(10)2)18(15,16)7-5-4-6-14/h8-9H,4-7H2,1-3H3. The molecule has 1 aromatic carbocycles. The Morgan fingerprint density at radius 3 is 2.33 bits per heavy atom. The van der Waals surface area contributed by atoms with Gasteiger partial charge in [0.15, 0.2) is 9.84 Å². The van der Waals surface area contributed by atoms with E-state index in [2.05, 4.69) is 0 Å². The van der Waals surface area contributed by atoms with E-state index < -0.39 is 9.84 Å². The van der Waals surface area contributed by atoms with Crippen molar-refractivity contribution in [3.05, 3.63) is 23.3 Å². The maximum absolute atomic E-state index is 12.2. The molecule has 0 spiro atoms. The van der Waals surface area contributed by atoms with Gasteiger partial charge in [0, 0.05) is 5.88 Å². The van der Waals surface area contributed by atoms with Crippen LogP contribution in [-0.4, -0.2) is 27.2 Å². The van der Waals surface area contributed by atoms with Crippen molar-refractivity contribution in [3.63, 3.8) is 0 Å². The third kappa shape index (κ3) is 3.62. The van der Waals surface area contributed by atoms with Crippen LogP contribution in [0.2, 0.25) is 0 Å². The molecule has 0 bridgehead atoms. The summed E-state index contributed by atoms with van der Waals surface area (Å²) >= 11 is 5.56. The maximum atomic E-state index is 12.2. The van der Waals surface area contributed by atoms with Gasteiger partial charge in [-0.3, -0.25) is 0 Å². The molecular weight excluding hydrogens is 272 g/mol. The highest BCUT2D eigenvalue weighted by atomic mass is 35.5. The van der Waals surface area contributed by atoms with Crippen LogP contribution in [0.25, 0.3) is 0 Å². The first kappa shape index (κ1) is 15.3. The van der Waals surface area contributed by atoms with Crippen LogP contribution in [0.1, 0.15) is 24.0 Å². The number of hydrogen-bond donors (Lipinski definition) is 0. The van der Waals surface area contributed by atoms with E-state index in [1.807, 2.05) is 13.8 Å². The van der Waals surface area contributed by atoms with Gasteiger partial charge in [-0.2, -0.15) is 0 Å². The summed E-state index contributed by atoms with van der Waals surface area (Å²) in [6, 6.07) is 3.45. The second kappa shape index (κ2) is 6.43. The van der Waals surface area contributed by atoms with E-state index in [9.17, 15) is 8.42 Å². The highest BCUT2D eigenvalue weighted by Gasteiger charge is 2.20. The van der Waals surface area contributed by atoms with Crippen LogP contribution in [-0.2, 0) is 9.84 Å². The van der Waals surface area contributed by atoms with Gasteiger partial charge in [-0.1, -0.05) is 0 Å². The van der Waals surface area contributed by atoms with Crippen LogP contribution >= 0.6 is 11.6 Å². The minimum absolute atomic E-state index is 0.110. The lowest BCUT2D eigenvalue weighted by Crippen LogP contribution is -2.09. The summed E-state index contributed by atoms with van der Waals surface area (Å²) in [6.07, 6.45) is 1.27. The van der Waals surface area contributed by atoms with E-state index in [0.717, 1.165) is 11.1 Å². The molecule has 18 heavy (non-hydrogen) atoms. The zero-order valence-electron chi connectivity index (χ0n) is 11.0. The quantitative estimate of drug-likeness (QED) is 0.597. The summed E-state index contributed by atoms with van der Waals surface area (Å²) in [7, 11) is -1.81. The number of ether oxygens (including phenoxy) is 1. The van der Waals surface area contributed by atoms with Crippen molar-refractivity contribution < 1.29 is 13.2 Å². The van der Waals surface area contributed by atoms with E-state index in [4.69, 9.17) is 16.3 Å². The van der Waals surface area contributed by atoms with Crippen LogP contribution in [0, 0.1) is 13.8 Å². The number of methoxy groups -OCH3 is 1. The Bertz CT molecular complexity index is 509. The molecular formula is C13H19ClO3S. The lowest BCUT2D eigenvalue weighted by atomic mass is 10.1. The zero-order valence-corrected chi connectivity index (χ0v) is 12.6. The number of aryl methyl sites for hydroxylation is 2. The molecule has 0 radical (unpaired) electrons. The van der Waals surface area contributed by atoms with Gasteiger partial charge in [-0.05, 0) is 49.9 Å². The van der Waals surface area contributed by atoms with Crippen molar-refractivity contribution in [3.8, 4) is 5.75 Å². The molecule has 102 valence electrons. The molecule has 0 atom stereocenters. The summed E-state index contributed by atoms with van der Waals surface area (Å²) in [4.78, 5) is 0.280. The predicted octanol–water partition coefficient (Wildman–Crippen LogP) is 3.10. The number of hydrogen-bond acceptors (Lipinski definition) is 3. The van der Waals surface area contributed by atoms with Crippen molar-refractivity contribution in [2.45, 2.75) is 31.6 Å². The lowest BCUT2D eigenvalue weighted by Gasteiger charge is -2.12. The van der Waals surface area contributed by atoms with Crippen LogP contribution in [0.3, 0.4) is 0 Å². The van der Waals surface area contributed by atoms with Gasteiger partial charge in [0.25, 0.3) is 0 Å². The van der Waals surface area contributed by atoms with Crippen molar-refractivity contribution >= 4 is 21.4 Å². The molecule has 5 heteroatoms. The van der Waals surface area contributed by atoms with Gasteiger partial charge in [-0.15, -0.1) is 11.6 Å². The minimum atomic E-state index is -3.30. The molecule has 0 N–H and O–H groups in total. The van der Waals surface area contributed by atoms with Gasteiger partial charge in [0.2, 0.25) is 0 Å². The predicted molar refractivity (Wildman–Crippen MR) is 74.5 cm³/mol. The molecule has 0 unspecified atom stereocenters. The summed E-state index contributed by atoms with van der Waals surface area (Å²) < 4.78 is 29.6. The number of alkyl halides is 1. The fraction of sp³-hybridized carbons (Fsp3) is 0.538. The third-order valence-electron chi connectivity index (χ3n) is 2.91. The molecule has 3 nitrogen and oxygen atoms in total. The molecule has 1 aromatic rings. The SMILES string of the molecule is COc1cc(C)c(C)cc1S(=O)(=O)CCCCCl. The molecule has 0 heterocycles. The number of halogens is 1. The molecule has 0 saturated heterocycles. The smallest absolute Gasteiger partial charge is 0.182 e. The van der Waals surface area contributed by atoms with Crippen LogP contribution < -0.4 is 4.74 Å². The van der Waals surface area contributed by atoms with Crippen LogP contribution in [0.15, 0.2) is 17.0 Å². The number of rotatable bonds is 6. The first-order valence-electron chi connectivity index (χ1n) is 5.86. The first-order valence-corrected chi connectivity index (χ1v) is 8.05. The summed E-state index contributed by atoms with van der Waals surface area (Å²) in [5.74, 6) is 1.02. The molecule has 0 aliphatic rings. The van der Waals surface area contributed by atoms with Crippen LogP contribution in [0.4, 0.5) is 0 Å². The molecule has 0 aliphatic carbocycles. The summed E-state index contributed by atoms with van der Waals surface area (Å²) in [5, 5.41) is 0. The molecule has 0 fully saturated rings. The van der Waals surface area contributed by atoms with Crippen LogP contribution in [0.5, 0.6) is 5.75 Å². The fourth-order valence-electron chi connectivity index (χ4n) is 1.66. The van der Waals surface area contributed by atoms with E-state index >= 15 is 0 Å². The van der Waals surface area contributed by atoms with Gasteiger partial charge in [-0.25, -0.2) is 8.42 Å². The van der Waals surface area contributed by atoms with E-state index in [-0.39, 0.29) is 10.6 Å². The third-order valence-corrected chi connectivity index (χ3v) is 4.99. The Morgan fingerprint density at radius 2 is 1.78 bits per heavy atom. The number of unbranched alkanes of at least 4 members (excludes halogenated alkanes) is 1. The van der Waals surface area contributed by atoms with Gasteiger partial charge in [0.05, 0.1) is 12.9 Å². The van der Waals surface area contributed by atoms with Crippen molar-refractivity contribution in [1.29, 1.82) is 0 Å².